The number of ketones is 1. The van der Waals surface area contributed by atoms with Crippen LogP contribution in [0.25, 0.3) is 0 Å². The van der Waals surface area contributed by atoms with Gasteiger partial charge in [-0.1, -0.05) is 104 Å². The van der Waals surface area contributed by atoms with Crippen molar-refractivity contribution in [1.29, 1.82) is 0 Å². The van der Waals surface area contributed by atoms with Crippen molar-refractivity contribution in [2.45, 2.75) is 247 Å². The number of aliphatic hydroxyl groups excluding tert-OH is 1. The number of carbonyl (C=O) groups excluding carboxylic acids is 4. The minimum absolute atomic E-state index is 0.0133. The Balaban J connectivity index is 0.000000140. The van der Waals surface area contributed by atoms with Gasteiger partial charge in [0.2, 0.25) is 0 Å². The van der Waals surface area contributed by atoms with Crippen molar-refractivity contribution in [1.82, 2.24) is 0 Å². The molecule has 0 aliphatic heterocycles. The molecule has 9 unspecified atom stereocenters. The van der Waals surface area contributed by atoms with Crippen LogP contribution in [0.4, 0.5) is 0 Å². The van der Waals surface area contributed by atoms with E-state index in [2.05, 4.69) is 283 Å². The Morgan fingerprint density at radius 2 is 0.952 bits per heavy atom. The third kappa shape index (κ3) is 16.3. The lowest BCUT2D eigenvalue weighted by atomic mass is 9.47. The lowest BCUT2D eigenvalue weighted by Crippen LogP contribution is -2.51. The molecule has 8 nitrogen and oxygen atoms in total. The van der Waals surface area contributed by atoms with E-state index in [1.165, 1.54) is 101 Å². The van der Waals surface area contributed by atoms with Crippen LogP contribution in [-0.2, 0) is 20.7 Å². The number of aliphatic hydroxyl groups is 1. The number of allylic oxidation sites excluding steroid dienone is 2. The quantitative estimate of drug-likeness (QED) is 0.0490. The molecule has 0 radical (unpaired) electrons. The summed E-state index contributed by atoms with van der Waals surface area (Å²) in [4.78, 5) is 51.2. The lowest BCUT2D eigenvalue weighted by molar-refractivity contribution is -0.127. The Labute approximate surface area is 743 Å². The van der Waals surface area contributed by atoms with Crippen LogP contribution in [0.3, 0.4) is 0 Å². The van der Waals surface area contributed by atoms with Crippen molar-refractivity contribution in [3.63, 3.8) is 0 Å². The van der Waals surface area contributed by atoms with Crippen LogP contribution in [0, 0.1) is 130 Å². The number of hydrogen-bond donors (Lipinski definition) is 1. The van der Waals surface area contributed by atoms with E-state index >= 15 is 0 Å². The molecule has 0 spiro atoms. The molecule has 0 saturated heterocycles. The van der Waals surface area contributed by atoms with Crippen LogP contribution in [0.15, 0.2) is 77.9 Å². The molecular formula is C87H105I9O8. The standard InChI is InChI=1S/C34H47I3O2.C28H33I3O3.C25H25I3O3/c1-20(2)7-6-8-21(3)26-11-12-27-25-10-9-23-19-24(13-15-33(23,4)28(25)14-16-34(26,27)5)39-32(38)22-17-29(35)31(37)30(36)18-22;1-15(32)20-6-7-21-19-5-4-17-14-18(8-10-27(17,2)22(19)9-11-28(20,21)3)34-26(33)16-12-23(29)25(31)24(30)13-16;1-25-9-8-17-16-5-3-15(31-24(30)14-11-20(26)23(28)21(27)12-14)10-13(16)2-4-18(17)19(25)6-7-22(25)29/h9,17-18,20-21,24-28H,6-8,10-16,19H2,1-5H3;4,12-13,18-22H,5-11,14H2,1-3H3;3,5,10-12,17-19,22,29H,2,4,6-9H2,1H3/t21-,24+,25?,26-,27?,28?,33+,34-;18-,19?,20+,21?,22?,27-,28+;17?,18?,19?,22-,25-/m100/s1. The molecule has 0 aromatic heterocycles. The van der Waals surface area contributed by atoms with Crippen LogP contribution in [-0.4, -0.2) is 47.1 Å². The number of ether oxygens (including phenoxy) is 3. The number of Topliss-reactive ketones (excluding diaryl/α,β-unsaturated/α-hetero) is 1. The first kappa shape index (κ1) is 82.9. The Hall–Kier alpha value is 0.970. The molecule has 8 saturated carbocycles. The summed E-state index contributed by atoms with van der Waals surface area (Å²) >= 11 is 20.7. The number of rotatable bonds is 12. The summed E-state index contributed by atoms with van der Waals surface area (Å²) in [6.45, 7) is 21.6. The molecule has 0 heterocycles. The summed E-state index contributed by atoms with van der Waals surface area (Å²) in [6.07, 6.45) is 34.6. The maximum Gasteiger partial charge on any atom is 0.343 e. The average molecular weight is 2420 g/mol. The SMILES string of the molecule is CC(=O)[C@H]1CCC2C3CC=C4C[C@@H](OC(=O)c5cc(I)c(I)c(I)c5)CC[C@]4(C)C3CC[C@@]21C.CC(C)CCC[C@@H](C)[C@H]1CCC2C3CC=C4C[C@@H](OC(=O)c5cc(I)c(I)c(I)c5)CC[C@]4(C)C3CC[C@@]21C.C[C@]12CCC3c4ccc(OC(=O)c5cc(I)c(I)c(I)c5)cc4CCC3C1CC[C@@H]2O. The van der Waals surface area contributed by atoms with E-state index in [0.717, 1.165) is 144 Å². The highest BCUT2D eigenvalue weighted by atomic mass is 127. The van der Waals surface area contributed by atoms with Gasteiger partial charge >= 0.3 is 17.9 Å². The Morgan fingerprint density at radius 3 is 1.46 bits per heavy atom. The number of benzene rings is 4. The third-order valence-electron chi connectivity index (χ3n) is 29.9. The zero-order valence-electron chi connectivity index (χ0n) is 62.0. The van der Waals surface area contributed by atoms with Crippen LogP contribution in [0.2, 0.25) is 0 Å². The van der Waals surface area contributed by atoms with Crippen molar-refractivity contribution in [3.8, 4) is 5.75 Å². The van der Waals surface area contributed by atoms with Gasteiger partial charge in [0.15, 0.2) is 0 Å². The molecule has 4 aromatic rings. The first-order chi connectivity index (χ1) is 49.3. The maximum absolute atomic E-state index is 13.1. The first-order valence-electron chi connectivity index (χ1n) is 39.0. The van der Waals surface area contributed by atoms with Gasteiger partial charge in [-0.2, -0.15) is 0 Å². The maximum atomic E-state index is 13.1. The molecule has 20 atom stereocenters. The smallest absolute Gasteiger partial charge is 0.343 e. The first-order valence-corrected chi connectivity index (χ1v) is 48.7. The fourth-order valence-electron chi connectivity index (χ4n) is 24.4. The van der Waals surface area contributed by atoms with Gasteiger partial charge in [0, 0.05) is 50.9 Å². The summed E-state index contributed by atoms with van der Waals surface area (Å²) in [5.74, 6) is 9.79. The van der Waals surface area contributed by atoms with Crippen molar-refractivity contribution in [2.75, 3.05) is 0 Å². The number of esters is 3. The molecule has 1 N–H and O–H groups in total. The van der Waals surface area contributed by atoms with Crippen molar-refractivity contribution < 1.29 is 38.5 Å². The number of aryl methyl sites for hydroxylation is 1. The molecule has 0 amide bonds. The minimum atomic E-state index is -0.297. The zero-order valence-corrected chi connectivity index (χ0v) is 81.4. The molecule has 8 fully saturated rings. The highest BCUT2D eigenvalue weighted by Crippen LogP contribution is 2.70. The van der Waals surface area contributed by atoms with Gasteiger partial charge in [-0.3, -0.25) is 4.79 Å². The number of carbonyl (C=O) groups is 4. The van der Waals surface area contributed by atoms with Crippen LogP contribution in [0.5, 0.6) is 5.75 Å². The van der Waals surface area contributed by atoms with Gasteiger partial charge in [-0.25, -0.2) is 14.4 Å². The molecule has 11 aliphatic carbocycles. The van der Waals surface area contributed by atoms with Crippen molar-refractivity contribution >= 4 is 227 Å². The molecular weight excluding hydrogens is 2320 g/mol. The van der Waals surface area contributed by atoms with E-state index < -0.39 is 0 Å². The summed E-state index contributed by atoms with van der Waals surface area (Å²) in [5.41, 5.74) is 9.20. The monoisotopic (exact) mass is 2420 g/mol. The second-order valence-electron chi connectivity index (χ2n) is 35.4. The molecule has 15 rings (SSSR count). The fourth-order valence-corrected chi connectivity index (χ4v) is 30.6. The van der Waals surface area contributed by atoms with E-state index in [9.17, 15) is 24.3 Å². The summed E-state index contributed by atoms with van der Waals surface area (Å²) < 4.78 is 28.1. The van der Waals surface area contributed by atoms with Gasteiger partial charge < -0.3 is 19.3 Å². The minimum Gasteiger partial charge on any atom is -0.458 e. The lowest BCUT2D eigenvalue weighted by Gasteiger charge is -2.58. The predicted octanol–water partition coefficient (Wildman–Crippen LogP) is 26.2. The van der Waals surface area contributed by atoms with Crippen LogP contribution >= 0.6 is 203 Å². The van der Waals surface area contributed by atoms with Gasteiger partial charge in [-0.15, -0.1) is 0 Å². The fraction of sp³-hybridized carbons (Fsp3) is 0.632. The van der Waals surface area contributed by atoms with E-state index in [4.69, 9.17) is 14.2 Å². The topological polar surface area (TPSA) is 116 Å². The average Bonchev–Trinajstić information content (AvgIpc) is 1.40. The molecule has 11 aliphatic rings. The van der Waals surface area contributed by atoms with E-state index in [-0.39, 0.29) is 58.4 Å². The van der Waals surface area contributed by atoms with E-state index in [1.54, 1.807) is 5.57 Å². The number of fused-ring (bicyclic) bond motifs is 15. The van der Waals surface area contributed by atoms with Crippen LogP contribution < -0.4 is 4.74 Å². The van der Waals surface area contributed by atoms with Crippen molar-refractivity contribution in [2.24, 2.45) is 98.1 Å². The summed E-state index contributed by atoms with van der Waals surface area (Å²) in [6, 6.07) is 17.9. The molecule has 0 bridgehead atoms. The Bertz CT molecular complexity index is 3970. The molecule has 104 heavy (non-hydrogen) atoms. The van der Waals surface area contributed by atoms with Gasteiger partial charge in [0.25, 0.3) is 0 Å². The molecule has 17 heteroatoms. The highest BCUT2D eigenvalue weighted by Gasteiger charge is 2.62. The predicted molar refractivity (Wildman–Crippen MR) is 493 cm³/mol. The number of halogens is 9. The largest absolute Gasteiger partial charge is 0.458 e. The summed E-state index contributed by atoms with van der Waals surface area (Å²) in [7, 11) is 0. The van der Waals surface area contributed by atoms with Gasteiger partial charge in [-0.05, 0) is 496 Å². The number of hydrogen-bond acceptors (Lipinski definition) is 8. The zero-order chi connectivity index (χ0) is 74.4. The van der Waals surface area contributed by atoms with E-state index in [1.807, 2.05) is 49.4 Å². The molecule has 4 aromatic carbocycles. The third-order valence-corrected chi connectivity index (χ3v) is 44.7. The van der Waals surface area contributed by atoms with E-state index in [0.29, 0.717) is 74.6 Å². The second kappa shape index (κ2) is 33.7. The highest BCUT2D eigenvalue weighted by molar-refractivity contribution is 14.1. The van der Waals surface area contributed by atoms with Crippen LogP contribution in [0.1, 0.15) is 265 Å². The van der Waals surface area contributed by atoms with Crippen molar-refractivity contribution in [3.05, 3.63) is 138 Å². The Morgan fingerprint density at radius 1 is 0.490 bits per heavy atom. The molecule has 564 valence electrons. The van der Waals surface area contributed by atoms with Gasteiger partial charge in [0.1, 0.15) is 23.7 Å². The normalized spacial score (nSPS) is 35.8. The summed E-state index contributed by atoms with van der Waals surface area (Å²) in [5, 5.41) is 10.6. The Kier molecular flexibility index (Phi) is 26.8. The van der Waals surface area contributed by atoms with Gasteiger partial charge in [0.05, 0.1) is 22.8 Å². The second-order valence-corrected chi connectivity index (χ2v) is 45.6.